The van der Waals surface area contributed by atoms with E-state index in [1.165, 1.54) is 12.7 Å². The fraction of sp³-hybridized carbons (Fsp3) is 0.478. The van der Waals surface area contributed by atoms with Gasteiger partial charge in [0.2, 0.25) is 0 Å². The summed E-state index contributed by atoms with van der Waals surface area (Å²) < 4.78 is 5.18. The Kier molecular flexibility index (Phi) is 7.38. The molecular weight excluding hydrogens is 380 g/mol. The minimum Gasteiger partial charge on any atom is -0.459 e. The first kappa shape index (κ1) is 21.7. The van der Waals surface area contributed by atoms with Gasteiger partial charge in [0.1, 0.15) is 0 Å². The van der Waals surface area contributed by atoms with Crippen molar-refractivity contribution in [3.8, 4) is 0 Å². The average molecular weight is 413 g/mol. The van der Waals surface area contributed by atoms with Crippen LogP contribution in [-0.2, 0) is 6.54 Å². The Morgan fingerprint density at radius 1 is 1.13 bits per heavy atom. The van der Waals surface area contributed by atoms with E-state index in [9.17, 15) is 9.59 Å². The number of carbonyl (C=O) groups is 2. The molecule has 1 saturated carbocycles. The summed E-state index contributed by atoms with van der Waals surface area (Å²) in [6.45, 7) is 3.03. The molecule has 1 aromatic carbocycles. The van der Waals surface area contributed by atoms with Gasteiger partial charge in [-0.05, 0) is 55.7 Å². The molecule has 30 heavy (non-hydrogen) atoms. The average Bonchev–Trinajstić information content (AvgIpc) is 3.28. The van der Waals surface area contributed by atoms with E-state index in [-0.39, 0.29) is 23.7 Å². The van der Waals surface area contributed by atoms with E-state index in [0.717, 1.165) is 36.9 Å². The normalized spacial score (nSPS) is 14.2. The SMILES string of the molecule is CCNC(=O)N(Cc1cc(NC(=O)c2ccco2)ccc1N(C)C)C1CCCCC1. The van der Waals surface area contributed by atoms with Crippen molar-refractivity contribution in [2.75, 3.05) is 30.9 Å². The molecule has 0 radical (unpaired) electrons. The molecule has 7 heteroatoms. The molecule has 1 aliphatic carbocycles. The standard InChI is InChI=1S/C23H32N4O3/c1-4-24-23(29)27(19-9-6-5-7-10-19)16-17-15-18(12-13-20(17)26(2)3)25-22(28)21-11-8-14-30-21/h8,11-15,19H,4-7,9-10,16H2,1-3H3,(H,24,29)(H,25,28). The summed E-state index contributed by atoms with van der Waals surface area (Å²) in [5.41, 5.74) is 2.70. The van der Waals surface area contributed by atoms with Gasteiger partial charge in [-0.2, -0.15) is 0 Å². The molecule has 3 rings (SSSR count). The number of hydrogen-bond donors (Lipinski definition) is 2. The summed E-state index contributed by atoms with van der Waals surface area (Å²) in [5.74, 6) is -0.0317. The van der Waals surface area contributed by atoms with Crippen molar-refractivity contribution in [2.45, 2.75) is 51.6 Å². The third-order valence-corrected chi connectivity index (χ3v) is 5.51. The van der Waals surface area contributed by atoms with Crippen LogP contribution >= 0.6 is 0 Å². The van der Waals surface area contributed by atoms with Crippen LogP contribution in [0, 0.1) is 0 Å². The van der Waals surface area contributed by atoms with Crippen molar-refractivity contribution in [2.24, 2.45) is 0 Å². The smallest absolute Gasteiger partial charge is 0.317 e. The zero-order valence-electron chi connectivity index (χ0n) is 18.1. The van der Waals surface area contributed by atoms with Gasteiger partial charge in [0.05, 0.1) is 6.26 Å². The predicted molar refractivity (Wildman–Crippen MR) is 119 cm³/mol. The van der Waals surface area contributed by atoms with Gasteiger partial charge in [-0.15, -0.1) is 0 Å². The molecule has 7 nitrogen and oxygen atoms in total. The Labute approximate surface area is 178 Å². The lowest BCUT2D eigenvalue weighted by Gasteiger charge is -2.35. The lowest BCUT2D eigenvalue weighted by atomic mass is 9.94. The Morgan fingerprint density at radius 3 is 2.53 bits per heavy atom. The Morgan fingerprint density at radius 2 is 1.90 bits per heavy atom. The fourth-order valence-electron chi connectivity index (χ4n) is 4.02. The van der Waals surface area contributed by atoms with Crippen LogP contribution in [0.5, 0.6) is 0 Å². The quantitative estimate of drug-likeness (QED) is 0.704. The van der Waals surface area contributed by atoms with Crippen molar-refractivity contribution in [3.05, 3.63) is 47.9 Å². The van der Waals surface area contributed by atoms with E-state index < -0.39 is 0 Å². The Balaban J connectivity index is 1.86. The number of carbonyl (C=O) groups excluding carboxylic acids is 2. The van der Waals surface area contributed by atoms with E-state index in [0.29, 0.717) is 18.8 Å². The van der Waals surface area contributed by atoms with Crippen molar-refractivity contribution in [3.63, 3.8) is 0 Å². The lowest BCUT2D eigenvalue weighted by Crippen LogP contribution is -2.46. The second kappa shape index (κ2) is 10.2. The largest absolute Gasteiger partial charge is 0.459 e. The zero-order chi connectivity index (χ0) is 21.5. The summed E-state index contributed by atoms with van der Waals surface area (Å²) in [5, 5.41) is 5.86. The first-order valence-corrected chi connectivity index (χ1v) is 10.7. The van der Waals surface area contributed by atoms with E-state index in [4.69, 9.17) is 4.42 Å². The maximum absolute atomic E-state index is 12.9. The monoisotopic (exact) mass is 412 g/mol. The van der Waals surface area contributed by atoms with Crippen molar-refractivity contribution < 1.29 is 14.0 Å². The van der Waals surface area contributed by atoms with Gasteiger partial charge in [-0.25, -0.2) is 4.79 Å². The molecule has 0 spiro atoms. The highest BCUT2D eigenvalue weighted by Gasteiger charge is 2.26. The molecular formula is C23H32N4O3. The Bertz CT molecular complexity index is 842. The number of amides is 3. The molecule has 1 aliphatic rings. The van der Waals surface area contributed by atoms with E-state index in [1.807, 2.05) is 49.0 Å². The summed E-state index contributed by atoms with van der Waals surface area (Å²) in [7, 11) is 3.97. The van der Waals surface area contributed by atoms with Crippen LogP contribution in [0.25, 0.3) is 0 Å². The van der Waals surface area contributed by atoms with Crippen LogP contribution in [-0.4, -0.2) is 43.5 Å². The molecule has 0 atom stereocenters. The zero-order valence-corrected chi connectivity index (χ0v) is 18.1. The molecule has 1 aromatic heterocycles. The molecule has 162 valence electrons. The second-order valence-corrected chi connectivity index (χ2v) is 7.92. The van der Waals surface area contributed by atoms with Crippen LogP contribution in [0.2, 0.25) is 0 Å². The molecule has 0 saturated heterocycles. The number of furan rings is 1. The van der Waals surface area contributed by atoms with Crippen LogP contribution < -0.4 is 15.5 Å². The summed E-state index contributed by atoms with van der Waals surface area (Å²) in [6, 6.07) is 9.32. The number of nitrogens with one attached hydrogen (secondary N) is 2. The first-order chi connectivity index (χ1) is 14.5. The minimum atomic E-state index is -0.295. The number of anilines is 2. The molecule has 0 unspecified atom stereocenters. The molecule has 0 aliphatic heterocycles. The second-order valence-electron chi connectivity index (χ2n) is 7.92. The Hall–Kier alpha value is -2.96. The summed E-state index contributed by atoms with van der Waals surface area (Å²) in [4.78, 5) is 29.2. The summed E-state index contributed by atoms with van der Waals surface area (Å²) in [6.07, 6.45) is 7.08. The highest BCUT2D eigenvalue weighted by atomic mass is 16.3. The molecule has 2 aromatic rings. The number of urea groups is 1. The van der Waals surface area contributed by atoms with Crippen molar-refractivity contribution in [1.82, 2.24) is 10.2 Å². The molecule has 0 bridgehead atoms. The number of rotatable bonds is 7. The lowest BCUT2D eigenvalue weighted by molar-refractivity contribution is 0.0996. The molecule has 2 N–H and O–H groups in total. The summed E-state index contributed by atoms with van der Waals surface area (Å²) >= 11 is 0. The maximum atomic E-state index is 12.9. The van der Waals surface area contributed by atoms with Crippen LogP contribution in [0.4, 0.5) is 16.2 Å². The van der Waals surface area contributed by atoms with Crippen molar-refractivity contribution >= 4 is 23.3 Å². The number of nitrogens with zero attached hydrogens (tertiary/aromatic N) is 2. The highest BCUT2D eigenvalue weighted by molar-refractivity contribution is 6.02. The third kappa shape index (κ3) is 5.34. The molecule has 1 heterocycles. The van der Waals surface area contributed by atoms with Crippen molar-refractivity contribution in [1.29, 1.82) is 0 Å². The van der Waals surface area contributed by atoms with E-state index >= 15 is 0 Å². The molecule has 1 fully saturated rings. The maximum Gasteiger partial charge on any atom is 0.317 e. The fourth-order valence-corrected chi connectivity index (χ4v) is 4.02. The predicted octanol–water partition coefficient (Wildman–Crippen LogP) is 4.46. The van der Waals surface area contributed by atoms with Gasteiger partial charge in [-0.1, -0.05) is 19.3 Å². The topological polar surface area (TPSA) is 77.8 Å². The van der Waals surface area contributed by atoms with Gasteiger partial charge in [-0.3, -0.25) is 4.79 Å². The number of hydrogen-bond acceptors (Lipinski definition) is 4. The third-order valence-electron chi connectivity index (χ3n) is 5.51. The van der Waals surface area contributed by atoms with Gasteiger partial charge < -0.3 is 24.9 Å². The van der Waals surface area contributed by atoms with Gasteiger partial charge >= 0.3 is 6.03 Å². The minimum absolute atomic E-state index is 0.0286. The van der Waals surface area contributed by atoms with E-state index in [2.05, 4.69) is 10.6 Å². The van der Waals surface area contributed by atoms with Crippen LogP contribution in [0.1, 0.15) is 55.1 Å². The number of benzene rings is 1. The van der Waals surface area contributed by atoms with E-state index in [1.54, 1.807) is 12.1 Å². The van der Waals surface area contributed by atoms with Crippen LogP contribution in [0.3, 0.4) is 0 Å². The first-order valence-electron chi connectivity index (χ1n) is 10.7. The van der Waals surface area contributed by atoms with Gasteiger partial charge in [0.15, 0.2) is 5.76 Å². The highest BCUT2D eigenvalue weighted by Crippen LogP contribution is 2.29. The van der Waals surface area contributed by atoms with Gasteiger partial charge in [0.25, 0.3) is 5.91 Å². The van der Waals surface area contributed by atoms with Gasteiger partial charge in [0, 0.05) is 44.6 Å². The van der Waals surface area contributed by atoms with Crippen LogP contribution in [0.15, 0.2) is 41.0 Å². The molecule has 3 amide bonds.